The molecule has 0 aliphatic heterocycles. The quantitative estimate of drug-likeness (QED) is 0.807. The van der Waals surface area contributed by atoms with Crippen molar-refractivity contribution >= 4 is 12.0 Å². The Morgan fingerprint density at radius 2 is 1.65 bits per heavy atom. The van der Waals surface area contributed by atoms with E-state index >= 15 is 0 Å². The number of nitrogens with two attached hydrogens (primary N) is 1. The maximum Gasteiger partial charge on any atom is 0.407 e. The summed E-state index contributed by atoms with van der Waals surface area (Å²) in [4.78, 5) is 23.3. The molecule has 2 amide bonds. The van der Waals surface area contributed by atoms with Gasteiger partial charge >= 0.3 is 6.09 Å². The van der Waals surface area contributed by atoms with Crippen molar-refractivity contribution in [3.63, 3.8) is 0 Å². The second-order valence-electron chi connectivity index (χ2n) is 7.08. The van der Waals surface area contributed by atoms with Gasteiger partial charge in [0.2, 0.25) is 5.91 Å². The molecule has 0 rings (SSSR count). The molecule has 0 aromatic heterocycles. The van der Waals surface area contributed by atoms with Gasteiger partial charge in [-0.05, 0) is 32.6 Å². The minimum Gasteiger partial charge on any atom is -0.444 e. The van der Waals surface area contributed by atoms with Crippen LogP contribution in [-0.4, -0.2) is 36.9 Å². The van der Waals surface area contributed by atoms with Gasteiger partial charge in [-0.3, -0.25) is 4.79 Å². The summed E-state index contributed by atoms with van der Waals surface area (Å²) >= 11 is 0. The number of hydrogen-bond acceptors (Lipinski definition) is 4. The molecule has 0 heterocycles. The lowest BCUT2D eigenvalue weighted by atomic mass is 9.86. The molecule has 2 atom stereocenters. The van der Waals surface area contributed by atoms with E-state index < -0.39 is 29.7 Å². The number of methoxy groups -OCH3 is 1. The Hall–Kier alpha value is -1.30. The van der Waals surface area contributed by atoms with Gasteiger partial charge in [0.25, 0.3) is 0 Å². The predicted molar refractivity (Wildman–Crippen MR) is 77.2 cm³/mol. The molecule has 0 bridgehead atoms. The zero-order valence-electron chi connectivity index (χ0n) is 13.6. The first-order valence-corrected chi connectivity index (χ1v) is 6.67. The number of rotatable bonds is 5. The number of alkyl carbamates (subject to hydrolysis) is 1. The van der Waals surface area contributed by atoms with Crippen LogP contribution in [0.1, 0.15) is 48.0 Å². The lowest BCUT2D eigenvalue weighted by Crippen LogP contribution is -2.52. The van der Waals surface area contributed by atoms with Crippen molar-refractivity contribution in [1.29, 1.82) is 0 Å². The van der Waals surface area contributed by atoms with Crippen molar-refractivity contribution in [3.05, 3.63) is 0 Å². The summed E-state index contributed by atoms with van der Waals surface area (Å²) in [5, 5.41) is 2.68. The van der Waals surface area contributed by atoms with Gasteiger partial charge in [0, 0.05) is 7.11 Å². The first-order valence-electron chi connectivity index (χ1n) is 6.67. The summed E-state index contributed by atoms with van der Waals surface area (Å²) in [6.07, 6.45) is -0.940. The Kier molecular flexibility index (Phi) is 6.47. The van der Waals surface area contributed by atoms with E-state index in [1.807, 2.05) is 20.8 Å². The van der Waals surface area contributed by atoms with Crippen LogP contribution in [-0.2, 0) is 14.3 Å². The molecule has 6 nitrogen and oxygen atoms in total. The van der Waals surface area contributed by atoms with Crippen LogP contribution < -0.4 is 11.1 Å². The van der Waals surface area contributed by atoms with Gasteiger partial charge in [-0.2, -0.15) is 0 Å². The topological polar surface area (TPSA) is 90.6 Å². The molecule has 6 heteroatoms. The summed E-state index contributed by atoms with van der Waals surface area (Å²) in [7, 11) is 1.39. The monoisotopic (exact) mass is 288 g/mol. The Morgan fingerprint density at radius 1 is 1.15 bits per heavy atom. The van der Waals surface area contributed by atoms with Crippen LogP contribution in [0.4, 0.5) is 4.79 Å². The first-order chi connectivity index (χ1) is 8.85. The number of primary amides is 1. The number of nitrogens with one attached hydrogen (secondary N) is 1. The summed E-state index contributed by atoms with van der Waals surface area (Å²) in [6, 6.07) is -0.535. The summed E-state index contributed by atoms with van der Waals surface area (Å²) in [5.74, 6) is -0.613. The van der Waals surface area contributed by atoms with Crippen molar-refractivity contribution in [2.24, 2.45) is 11.1 Å². The van der Waals surface area contributed by atoms with Crippen LogP contribution in [0.25, 0.3) is 0 Å². The van der Waals surface area contributed by atoms with Crippen LogP contribution in [0, 0.1) is 5.41 Å². The molecule has 1 unspecified atom stereocenters. The van der Waals surface area contributed by atoms with E-state index in [0.29, 0.717) is 6.42 Å². The molecule has 118 valence electrons. The Labute approximate surface area is 121 Å². The van der Waals surface area contributed by atoms with Crippen LogP contribution in [0.15, 0.2) is 0 Å². The molecule has 0 saturated heterocycles. The van der Waals surface area contributed by atoms with Crippen molar-refractivity contribution in [2.75, 3.05) is 7.11 Å². The molecule has 0 spiro atoms. The van der Waals surface area contributed by atoms with Crippen molar-refractivity contribution in [2.45, 2.75) is 65.7 Å². The van der Waals surface area contributed by atoms with E-state index in [0.717, 1.165) is 0 Å². The number of amides is 2. The Balaban J connectivity index is 4.94. The molecule has 0 saturated carbocycles. The van der Waals surface area contributed by atoms with Crippen molar-refractivity contribution in [3.8, 4) is 0 Å². The van der Waals surface area contributed by atoms with Gasteiger partial charge in [-0.15, -0.1) is 0 Å². The largest absolute Gasteiger partial charge is 0.444 e. The zero-order chi connectivity index (χ0) is 16.1. The second-order valence-corrected chi connectivity index (χ2v) is 7.08. The highest BCUT2D eigenvalue weighted by Gasteiger charge is 2.32. The number of hydrogen-bond donors (Lipinski definition) is 2. The molecule has 20 heavy (non-hydrogen) atoms. The molecule has 0 aliphatic rings. The molecule has 0 aromatic carbocycles. The Morgan fingerprint density at radius 3 is 1.95 bits per heavy atom. The lowest BCUT2D eigenvalue weighted by Gasteiger charge is -2.31. The van der Waals surface area contributed by atoms with Crippen LogP contribution in [0.5, 0.6) is 0 Å². The molecule has 0 aliphatic carbocycles. The predicted octanol–water partition coefficient (Wildman–Crippen LogP) is 1.82. The second kappa shape index (κ2) is 6.92. The van der Waals surface area contributed by atoms with Gasteiger partial charge in [0.15, 0.2) is 6.10 Å². The minimum atomic E-state index is -0.887. The third-order valence-corrected chi connectivity index (χ3v) is 2.43. The van der Waals surface area contributed by atoms with Gasteiger partial charge < -0.3 is 20.5 Å². The first kappa shape index (κ1) is 18.7. The SMILES string of the molecule is COC(C(N)=O)[C@H](CC(C)(C)C)NC(=O)OC(C)(C)C. The summed E-state index contributed by atoms with van der Waals surface area (Å²) in [5.41, 5.74) is 4.60. The molecule has 0 aromatic rings. The highest BCUT2D eigenvalue weighted by molar-refractivity contribution is 5.80. The number of carbonyl (C=O) groups excluding carboxylic acids is 2. The van der Waals surface area contributed by atoms with Crippen molar-refractivity contribution in [1.82, 2.24) is 5.32 Å². The average Bonchev–Trinajstić information content (AvgIpc) is 2.10. The number of ether oxygens (including phenoxy) is 2. The molecular weight excluding hydrogens is 260 g/mol. The third-order valence-electron chi connectivity index (χ3n) is 2.43. The average molecular weight is 288 g/mol. The van der Waals surface area contributed by atoms with Gasteiger partial charge in [-0.1, -0.05) is 20.8 Å². The van der Waals surface area contributed by atoms with Crippen LogP contribution >= 0.6 is 0 Å². The van der Waals surface area contributed by atoms with E-state index in [1.165, 1.54) is 7.11 Å². The minimum absolute atomic E-state index is 0.105. The third kappa shape index (κ3) is 7.99. The summed E-state index contributed by atoms with van der Waals surface area (Å²) in [6.45, 7) is 11.3. The van der Waals surface area contributed by atoms with Crippen molar-refractivity contribution < 1.29 is 19.1 Å². The van der Waals surface area contributed by atoms with Crippen LogP contribution in [0.2, 0.25) is 0 Å². The number of carbonyl (C=O) groups is 2. The fourth-order valence-corrected chi connectivity index (χ4v) is 1.83. The molecule has 0 fully saturated rings. The van der Waals surface area contributed by atoms with E-state index in [2.05, 4.69) is 5.32 Å². The van der Waals surface area contributed by atoms with Crippen LogP contribution in [0.3, 0.4) is 0 Å². The smallest absolute Gasteiger partial charge is 0.407 e. The summed E-state index contributed by atoms with van der Waals surface area (Å²) < 4.78 is 10.3. The molecular formula is C14H28N2O4. The highest BCUT2D eigenvalue weighted by Crippen LogP contribution is 2.23. The Bertz CT molecular complexity index is 342. The van der Waals surface area contributed by atoms with E-state index in [4.69, 9.17) is 15.2 Å². The van der Waals surface area contributed by atoms with Gasteiger partial charge in [-0.25, -0.2) is 4.79 Å². The van der Waals surface area contributed by atoms with E-state index in [1.54, 1.807) is 20.8 Å². The maximum absolute atomic E-state index is 11.9. The fourth-order valence-electron chi connectivity index (χ4n) is 1.83. The lowest BCUT2D eigenvalue weighted by molar-refractivity contribution is -0.129. The molecule has 3 N–H and O–H groups in total. The fraction of sp³-hybridized carbons (Fsp3) is 0.857. The van der Waals surface area contributed by atoms with E-state index in [-0.39, 0.29) is 5.41 Å². The van der Waals surface area contributed by atoms with E-state index in [9.17, 15) is 9.59 Å². The standard InChI is InChI=1S/C14H28N2O4/c1-13(2,3)8-9(10(19-7)11(15)17)16-12(18)20-14(4,5)6/h9-10H,8H2,1-7H3,(H2,15,17)(H,16,18)/t9-,10?/m0/s1. The normalized spacial score (nSPS) is 15.3. The van der Waals surface area contributed by atoms with Gasteiger partial charge in [0.05, 0.1) is 6.04 Å². The van der Waals surface area contributed by atoms with Gasteiger partial charge in [0.1, 0.15) is 5.60 Å². The maximum atomic E-state index is 11.9. The highest BCUT2D eigenvalue weighted by atomic mass is 16.6. The molecule has 0 radical (unpaired) electrons. The zero-order valence-corrected chi connectivity index (χ0v) is 13.6.